The monoisotopic (exact) mass is 388 g/mol. The minimum Gasteiger partial charge on any atom is -0.496 e. The molecular weight excluding hydrogens is 356 g/mol. The van der Waals surface area contributed by atoms with Crippen LogP contribution in [0.3, 0.4) is 0 Å². The summed E-state index contributed by atoms with van der Waals surface area (Å²) in [5.41, 5.74) is 4.41. The molecule has 0 N–H and O–H groups in total. The van der Waals surface area contributed by atoms with Crippen molar-refractivity contribution in [2.24, 2.45) is 5.92 Å². The van der Waals surface area contributed by atoms with Gasteiger partial charge in [0.05, 0.1) is 13.7 Å². The van der Waals surface area contributed by atoms with E-state index in [1.165, 1.54) is 19.3 Å². The van der Waals surface area contributed by atoms with E-state index >= 15 is 0 Å². The summed E-state index contributed by atoms with van der Waals surface area (Å²) in [6.45, 7) is 5.25. The summed E-state index contributed by atoms with van der Waals surface area (Å²) < 4.78 is 12.2. The van der Waals surface area contributed by atoms with Crippen LogP contribution in [0, 0.1) is 5.92 Å². The van der Waals surface area contributed by atoms with Crippen LogP contribution in [0.4, 0.5) is 0 Å². The molecule has 3 rings (SSSR count). The summed E-state index contributed by atoms with van der Waals surface area (Å²) in [7, 11) is 1.73. The van der Waals surface area contributed by atoms with E-state index in [1.807, 2.05) is 12.1 Å². The van der Waals surface area contributed by atoms with Crippen molar-refractivity contribution < 1.29 is 9.47 Å². The van der Waals surface area contributed by atoms with Gasteiger partial charge in [-0.25, -0.2) is 0 Å². The number of methoxy groups -OCH3 is 1. The molecule has 29 heavy (non-hydrogen) atoms. The SMILES string of the molecule is CCCCC(CC)COc1cc(-c2ccccc2)c(OC)cc1-c1ccccc1. The normalized spacial score (nSPS) is 11.8. The van der Waals surface area contributed by atoms with Crippen LogP contribution in [0.25, 0.3) is 22.3 Å². The van der Waals surface area contributed by atoms with Crippen molar-refractivity contribution in [3.63, 3.8) is 0 Å². The smallest absolute Gasteiger partial charge is 0.128 e. The first-order valence-electron chi connectivity index (χ1n) is 10.7. The van der Waals surface area contributed by atoms with E-state index in [1.54, 1.807) is 7.11 Å². The van der Waals surface area contributed by atoms with E-state index < -0.39 is 0 Å². The minimum absolute atomic E-state index is 0.584. The number of unbranched alkanes of at least 4 members (excludes halogenated alkanes) is 1. The van der Waals surface area contributed by atoms with E-state index in [9.17, 15) is 0 Å². The molecule has 0 amide bonds. The first kappa shape index (κ1) is 21.0. The third-order valence-corrected chi connectivity index (χ3v) is 5.49. The van der Waals surface area contributed by atoms with Crippen LogP contribution in [0.2, 0.25) is 0 Å². The van der Waals surface area contributed by atoms with E-state index in [0.717, 1.165) is 46.8 Å². The lowest BCUT2D eigenvalue weighted by Gasteiger charge is -2.20. The van der Waals surface area contributed by atoms with Crippen LogP contribution >= 0.6 is 0 Å². The molecule has 0 aliphatic heterocycles. The molecule has 0 aliphatic carbocycles. The molecule has 0 bridgehead atoms. The van der Waals surface area contributed by atoms with Gasteiger partial charge in [0, 0.05) is 11.1 Å². The Kier molecular flexibility index (Phi) is 7.75. The lowest BCUT2D eigenvalue weighted by atomic mass is 9.97. The third kappa shape index (κ3) is 5.41. The topological polar surface area (TPSA) is 18.5 Å². The molecule has 2 nitrogen and oxygen atoms in total. The Balaban J connectivity index is 2.00. The second-order valence-corrected chi connectivity index (χ2v) is 7.51. The highest BCUT2D eigenvalue weighted by molar-refractivity contribution is 5.81. The average molecular weight is 389 g/mol. The molecular formula is C27H32O2. The second-order valence-electron chi connectivity index (χ2n) is 7.51. The van der Waals surface area contributed by atoms with Crippen LogP contribution in [0.15, 0.2) is 72.8 Å². The fraction of sp³-hybridized carbons (Fsp3) is 0.333. The molecule has 1 atom stereocenters. The Hall–Kier alpha value is -2.74. The predicted molar refractivity (Wildman–Crippen MR) is 123 cm³/mol. The van der Waals surface area contributed by atoms with Crippen molar-refractivity contribution in [3.05, 3.63) is 72.8 Å². The van der Waals surface area contributed by atoms with Crippen LogP contribution < -0.4 is 9.47 Å². The summed E-state index contributed by atoms with van der Waals surface area (Å²) >= 11 is 0. The maximum Gasteiger partial charge on any atom is 0.128 e. The third-order valence-electron chi connectivity index (χ3n) is 5.49. The molecule has 0 saturated carbocycles. The number of hydrogen-bond donors (Lipinski definition) is 0. The summed E-state index contributed by atoms with van der Waals surface area (Å²) in [6, 6.07) is 25.0. The van der Waals surface area contributed by atoms with Crippen molar-refractivity contribution in [2.75, 3.05) is 13.7 Å². The molecule has 0 spiro atoms. The average Bonchev–Trinajstić information content (AvgIpc) is 2.80. The Labute approximate surface area is 175 Å². The zero-order valence-electron chi connectivity index (χ0n) is 17.9. The van der Waals surface area contributed by atoms with Gasteiger partial charge in [0.15, 0.2) is 0 Å². The first-order chi connectivity index (χ1) is 14.3. The number of ether oxygens (including phenoxy) is 2. The molecule has 0 fully saturated rings. The molecule has 0 saturated heterocycles. The highest BCUT2D eigenvalue weighted by Gasteiger charge is 2.16. The van der Waals surface area contributed by atoms with Gasteiger partial charge in [-0.2, -0.15) is 0 Å². The van der Waals surface area contributed by atoms with Crippen LogP contribution in [-0.4, -0.2) is 13.7 Å². The van der Waals surface area contributed by atoms with Gasteiger partial charge in [0.25, 0.3) is 0 Å². The van der Waals surface area contributed by atoms with Crippen molar-refractivity contribution in [3.8, 4) is 33.8 Å². The number of rotatable bonds is 10. The van der Waals surface area contributed by atoms with E-state index in [0.29, 0.717) is 5.92 Å². The van der Waals surface area contributed by atoms with Gasteiger partial charge in [0.1, 0.15) is 11.5 Å². The van der Waals surface area contributed by atoms with Crippen LogP contribution in [0.5, 0.6) is 11.5 Å². The Morgan fingerprint density at radius 2 is 1.31 bits per heavy atom. The maximum absolute atomic E-state index is 6.45. The Bertz CT molecular complexity index is 872. The quantitative estimate of drug-likeness (QED) is 0.355. The van der Waals surface area contributed by atoms with Gasteiger partial charge in [-0.3, -0.25) is 0 Å². The van der Waals surface area contributed by atoms with Gasteiger partial charge >= 0.3 is 0 Å². The fourth-order valence-electron chi connectivity index (χ4n) is 3.64. The summed E-state index contributed by atoms with van der Waals surface area (Å²) in [5, 5.41) is 0. The largest absolute Gasteiger partial charge is 0.496 e. The van der Waals surface area contributed by atoms with Crippen molar-refractivity contribution in [2.45, 2.75) is 39.5 Å². The van der Waals surface area contributed by atoms with Gasteiger partial charge < -0.3 is 9.47 Å². The molecule has 0 aromatic heterocycles. The standard InChI is InChI=1S/C27H32O2/c1-4-6-13-21(5-2)20-29-27-19-24(22-14-9-7-10-15-22)26(28-3)18-25(27)23-16-11-8-12-17-23/h7-12,14-19,21H,4-6,13,20H2,1-3H3. The lowest BCUT2D eigenvalue weighted by molar-refractivity contribution is 0.234. The van der Waals surface area contributed by atoms with Gasteiger partial charge in [0.2, 0.25) is 0 Å². The maximum atomic E-state index is 6.45. The van der Waals surface area contributed by atoms with Gasteiger partial charge in [-0.05, 0) is 35.6 Å². The highest BCUT2D eigenvalue weighted by atomic mass is 16.5. The minimum atomic E-state index is 0.584. The molecule has 0 radical (unpaired) electrons. The number of benzene rings is 3. The summed E-state index contributed by atoms with van der Waals surface area (Å²) in [6.07, 6.45) is 4.84. The van der Waals surface area contributed by atoms with Crippen molar-refractivity contribution in [1.82, 2.24) is 0 Å². The van der Waals surface area contributed by atoms with Crippen molar-refractivity contribution in [1.29, 1.82) is 0 Å². The fourth-order valence-corrected chi connectivity index (χ4v) is 3.64. The lowest BCUT2D eigenvalue weighted by Crippen LogP contribution is -2.12. The number of hydrogen-bond acceptors (Lipinski definition) is 2. The summed E-state index contributed by atoms with van der Waals surface area (Å²) in [4.78, 5) is 0. The molecule has 1 unspecified atom stereocenters. The molecule has 3 aromatic rings. The Morgan fingerprint density at radius 3 is 1.83 bits per heavy atom. The van der Waals surface area contributed by atoms with Gasteiger partial charge in [-0.15, -0.1) is 0 Å². The van der Waals surface area contributed by atoms with E-state index in [2.05, 4.69) is 74.5 Å². The molecule has 0 aliphatic rings. The molecule has 3 aromatic carbocycles. The molecule has 2 heteroatoms. The predicted octanol–water partition coefficient (Wildman–Crippen LogP) is 7.62. The van der Waals surface area contributed by atoms with Crippen LogP contribution in [0.1, 0.15) is 39.5 Å². The van der Waals surface area contributed by atoms with Crippen LogP contribution in [-0.2, 0) is 0 Å². The Morgan fingerprint density at radius 1 is 0.759 bits per heavy atom. The van der Waals surface area contributed by atoms with Gasteiger partial charge in [-0.1, -0.05) is 93.8 Å². The molecule has 152 valence electrons. The molecule has 0 heterocycles. The zero-order valence-corrected chi connectivity index (χ0v) is 17.9. The van der Waals surface area contributed by atoms with E-state index in [-0.39, 0.29) is 0 Å². The highest BCUT2D eigenvalue weighted by Crippen LogP contribution is 2.41. The zero-order chi connectivity index (χ0) is 20.5. The summed E-state index contributed by atoms with van der Waals surface area (Å²) in [5.74, 6) is 2.37. The second kappa shape index (κ2) is 10.7. The van der Waals surface area contributed by atoms with E-state index in [4.69, 9.17) is 9.47 Å². The van der Waals surface area contributed by atoms with Crippen molar-refractivity contribution >= 4 is 0 Å². The first-order valence-corrected chi connectivity index (χ1v) is 10.7.